The molecule has 0 radical (unpaired) electrons. The normalized spacial score (nSPS) is 15.0. The maximum Gasteiger partial charge on any atom is 0.309 e. The van der Waals surface area contributed by atoms with Crippen molar-refractivity contribution in [3.8, 4) is 11.5 Å². The molecule has 1 fully saturated rings. The Kier molecular flexibility index (Phi) is 6.33. The number of carbonyl (C=O) groups excluding carboxylic acids is 1. The summed E-state index contributed by atoms with van der Waals surface area (Å²) >= 11 is 6.08. The molecule has 2 heterocycles. The number of ether oxygens (including phenoxy) is 1. The highest BCUT2D eigenvalue weighted by Gasteiger charge is 2.26. The van der Waals surface area contributed by atoms with Gasteiger partial charge < -0.3 is 14.5 Å². The van der Waals surface area contributed by atoms with Crippen LogP contribution in [0.5, 0.6) is 0 Å². The number of nitrogens with zero attached hydrogens (tertiary/aromatic N) is 3. The van der Waals surface area contributed by atoms with Gasteiger partial charge in [-0.1, -0.05) is 29.8 Å². The average Bonchev–Trinajstić information content (AvgIpc) is 3.29. The zero-order valence-electron chi connectivity index (χ0n) is 16.3. The summed E-state index contributed by atoms with van der Waals surface area (Å²) in [5, 5.41) is 10.9. The topological polar surface area (TPSA) is 115 Å². The van der Waals surface area contributed by atoms with Gasteiger partial charge in [0.2, 0.25) is 15.9 Å². The third-order valence-electron chi connectivity index (χ3n) is 4.73. The fourth-order valence-electron chi connectivity index (χ4n) is 3.03. The molecule has 0 spiro atoms. The van der Waals surface area contributed by atoms with Gasteiger partial charge in [0.05, 0.1) is 18.1 Å². The lowest BCUT2D eigenvalue weighted by atomic mass is 10.2. The molecule has 1 saturated heterocycles. The predicted octanol–water partition coefficient (Wildman–Crippen LogP) is 2.34. The second kappa shape index (κ2) is 9.15. The Labute approximate surface area is 184 Å². The number of nitrogens with one attached hydrogen (secondary N) is 1. The Morgan fingerprint density at radius 1 is 1.06 bits per heavy atom. The number of rotatable bonds is 6. The van der Waals surface area contributed by atoms with Crippen LogP contribution in [0.1, 0.15) is 16.2 Å². The summed E-state index contributed by atoms with van der Waals surface area (Å²) in [6.45, 7) is 1.60. The van der Waals surface area contributed by atoms with Crippen LogP contribution in [-0.4, -0.2) is 55.1 Å². The van der Waals surface area contributed by atoms with Gasteiger partial charge in [0, 0.05) is 30.2 Å². The molecule has 0 aliphatic carbocycles. The molecule has 0 unspecified atom stereocenters. The lowest BCUT2D eigenvalue weighted by Crippen LogP contribution is -2.40. The summed E-state index contributed by atoms with van der Waals surface area (Å²) in [4.78, 5) is 12.5. The van der Waals surface area contributed by atoms with Crippen molar-refractivity contribution in [1.29, 1.82) is 0 Å². The van der Waals surface area contributed by atoms with Crippen LogP contribution in [-0.2, 0) is 21.3 Å². The van der Waals surface area contributed by atoms with E-state index in [9.17, 15) is 13.2 Å². The highest BCUT2D eigenvalue weighted by molar-refractivity contribution is 7.89. The van der Waals surface area contributed by atoms with E-state index < -0.39 is 15.9 Å². The van der Waals surface area contributed by atoms with Crippen molar-refractivity contribution in [2.45, 2.75) is 11.4 Å². The minimum Gasteiger partial charge on any atom is -0.412 e. The van der Waals surface area contributed by atoms with Gasteiger partial charge in [0.15, 0.2) is 0 Å². The lowest BCUT2D eigenvalue weighted by Gasteiger charge is -2.26. The third-order valence-corrected chi connectivity index (χ3v) is 7.01. The summed E-state index contributed by atoms with van der Waals surface area (Å²) in [7, 11) is -3.59. The van der Waals surface area contributed by atoms with Gasteiger partial charge in [-0.25, -0.2) is 8.42 Å². The van der Waals surface area contributed by atoms with E-state index >= 15 is 0 Å². The van der Waals surface area contributed by atoms with Crippen LogP contribution in [0.3, 0.4) is 0 Å². The molecule has 9 nitrogen and oxygen atoms in total. The van der Waals surface area contributed by atoms with Gasteiger partial charge in [0.1, 0.15) is 0 Å². The number of carbonyl (C=O) groups is 1. The zero-order valence-corrected chi connectivity index (χ0v) is 17.9. The first-order valence-corrected chi connectivity index (χ1v) is 11.3. The number of morpholine rings is 1. The van der Waals surface area contributed by atoms with E-state index in [1.165, 1.54) is 16.4 Å². The van der Waals surface area contributed by atoms with Gasteiger partial charge in [0.25, 0.3) is 0 Å². The molecule has 0 saturated carbocycles. The molecule has 3 aromatic rings. The number of aromatic nitrogens is 2. The SMILES string of the molecule is O=C(NCc1ccccc1Cl)c1nnc(-c2ccc(S(=O)(=O)N3CCOCC3)cc2)o1. The van der Waals surface area contributed by atoms with Crippen LogP contribution in [0, 0.1) is 0 Å². The molecule has 2 aromatic carbocycles. The highest BCUT2D eigenvalue weighted by Crippen LogP contribution is 2.23. The maximum absolute atomic E-state index is 12.7. The molecule has 1 N–H and O–H groups in total. The largest absolute Gasteiger partial charge is 0.412 e. The molecular weight excluding hydrogens is 444 g/mol. The van der Waals surface area contributed by atoms with Crippen molar-refractivity contribution in [2.24, 2.45) is 0 Å². The third kappa shape index (κ3) is 4.77. The lowest BCUT2D eigenvalue weighted by molar-refractivity contribution is 0.0730. The second-order valence-corrected chi connectivity index (χ2v) is 9.07. The van der Waals surface area contributed by atoms with Gasteiger partial charge >= 0.3 is 11.8 Å². The Morgan fingerprint density at radius 2 is 1.77 bits per heavy atom. The molecule has 162 valence electrons. The minimum absolute atomic E-state index is 0.109. The van der Waals surface area contributed by atoms with Crippen LogP contribution in [0.25, 0.3) is 11.5 Å². The van der Waals surface area contributed by atoms with E-state index in [1.807, 2.05) is 6.07 Å². The number of sulfonamides is 1. The Bertz CT molecular complexity index is 1170. The first-order valence-electron chi connectivity index (χ1n) is 9.48. The summed E-state index contributed by atoms with van der Waals surface area (Å²) in [6, 6.07) is 13.2. The Balaban J connectivity index is 1.44. The number of hydrogen-bond donors (Lipinski definition) is 1. The quantitative estimate of drug-likeness (QED) is 0.597. The zero-order chi connectivity index (χ0) is 21.8. The molecule has 31 heavy (non-hydrogen) atoms. The first-order chi connectivity index (χ1) is 14.9. The van der Waals surface area contributed by atoms with E-state index in [0.717, 1.165) is 5.56 Å². The van der Waals surface area contributed by atoms with E-state index in [2.05, 4.69) is 15.5 Å². The highest BCUT2D eigenvalue weighted by atomic mass is 35.5. The minimum atomic E-state index is -3.59. The van der Waals surface area contributed by atoms with Crippen molar-refractivity contribution in [2.75, 3.05) is 26.3 Å². The van der Waals surface area contributed by atoms with Crippen LogP contribution in [0.4, 0.5) is 0 Å². The van der Waals surface area contributed by atoms with Gasteiger partial charge in [-0.2, -0.15) is 4.31 Å². The van der Waals surface area contributed by atoms with E-state index in [0.29, 0.717) is 36.9 Å². The van der Waals surface area contributed by atoms with Crippen molar-refractivity contribution < 1.29 is 22.4 Å². The number of amides is 1. The van der Waals surface area contributed by atoms with Crippen LogP contribution in [0.2, 0.25) is 5.02 Å². The van der Waals surface area contributed by atoms with Crippen LogP contribution in [0.15, 0.2) is 57.8 Å². The standard InChI is InChI=1S/C20H19ClN4O5S/c21-17-4-2-1-3-15(17)13-22-18(26)20-24-23-19(30-20)14-5-7-16(8-6-14)31(27,28)25-9-11-29-12-10-25/h1-8H,9-13H2,(H,22,26). The fourth-order valence-corrected chi connectivity index (χ4v) is 4.64. The van der Waals surface area contributed by atoms with Crippen molar-refractivity contribution in [3.05, 3.63) is 65.0 Å². The number of halogens is 1. The molecule has 0 bridgehead atoms. The Morgan fingerprint density at radius 3 is 2.48 bits per heavy atom. The summed E-state index contributed by atoms with van der Waals surface area (Å²) < 4.78 is 37.4. The molecule has 4 rings (SSSR count). The molecule has 1 aliphatic rings. The van der Waals surface area contributed by atoms with Gasteiger partial charge in [-0.3, -0.25) is 4.79 Å². The molecule has 1 aromatic heterocycles. The van der Waals surface area contributed by atoms with Crippen molar-refractivity contribution in [3.63, 3.8) is 0 Å². The van der Waals surface area contributed by atoms with E-state index in [-0.39, 0.29) is 23.2 Å². The summed E-state index contributed by atoms with van der Waals surface area (Å²) in [5.74, 6) is -0.629. The van der Waals surface area contributed by atoms with Gasteiger partial charge in [-0.15, -0.1) is 10.2 Å². The summed E-state index contributed by atoms with van der Waals surface area (Å²) in [5.41, 5.74) is 1.26. The second-order valence-electron chi connectivity index (χ2n) is 6.73. The van der Waals surface area contributed by atoms with Crippen LogP contribution >= 0.6 is 11.6 Å². The molecule has 0 atom stereocenters. The van der Waals surface area contributed by atoms with Gasteiger partial charge in [-0.05, 0) is 35.9 Å². The smallest absolute Gasteiger partial charge is 0.309 e. The maximum atomic E-state index is 12.7. The predicted molar refractivity (Wildman–Crippen MR) is 112 cm³/mol. The van der Waals surface area contributed by atoms with Crippen molar-refractivity contribution >= 4 is 27.5 Å². The fraction of sp³-hybridized carbons (Fsp3) is 0.250. The average molecular weight is 463 g/mol. The van der Waals surface area contributed by atoms with E-state index in [4.69, 9.17) is 20.8 Å². The monoisotopic (exact) mass is 462 g/mol. The number of benzene rings is 2. The van der Waals surface area contributed by atoms with Crippen LogP contribution < -0.4 is 5.32 Å². The molecular formula is C20H19ClN4O5S. The summed E-state index contributed by atoms with van der Waals surface area (Å²) in [6.07, 6.45) is 0. The molecule has 1 aliphatic heterocycles. The van der Waals surface area contributed by atoms with Crippen molar-refractivity contribution in [1.82, 2.24) is 19.8 Å². The molecule has 1 amide bonds. The van der Waals surface area contributed by atoms with E-state index in [1.54, 1.807) is 30.3 Å². The Hall–Kier alpha value is -2.79. The molecule has 11 heteroatoms. The number of hydrogen-bond acceptors (Lipinski definition) is 7. The first kappa shape index (κ1) is 21.4.